The predicted octanol–water partition coefficient (Wildman–Crippen LogP) is 2.35. The van der Waals surface area contributed by atoms with Crippen LogP contribution in [0.25, 0.3) is 17.0 Å². The summed E-state index contributed by atoms with van der Waals surface area (Å²) >= 11 is 0. The van der Waals surface area contributed by atoms with Crippen LogP contribution in [0.2, 0.25) is 0 Å². The lowest BCUT2D eigenvalue weighted by molar-refractivity contribution is -0.134. The molecule has 2 rings (SSSR count). The standard InChI is InChI=1S/C13H11NO4/c1-18-12(15)6-5-9-3-2-4-11-10(9)7-8-14(11)13(16)17/h2-8H,1H3,(H,16,17). The van der Waals surface area contributed by atoms with Crippen LogP contribution in [0.4, 0.5) is 4.79 Å². The van der Waals surface area contributed by atoms with E-state index in [0.717, 1.165) is 15.5 Å². The molecule has 1 N–H and O–H groups in total. The van der Waals surface area contributed by atoms with Crippen LogP contribution >= 0.6 is 0 Å². The Morgan fingerprint density at radius 1 is 1.33 bits per heavy atom. The fraction of sp³-hybridized carbons (Fsp3) is 0.0769. The molecule has 2 aromatic rings. The van der Waals surface area contributed by atoms with Gasteiger partial charge in [0.15, 0.2) is 0 Å². The molecular weight excluding hydrogens is 234 g/mol. The number of fused-ring (bicyclic) bond motifs is 1. The molecule has 0 aliphatic rings. The molecule has 0 atom stereocenters. The van der Waals surface area contributed by atoms with Crippen molar-refractivity contribution in [1.82, 2.24) is 4.57 Å². The van der Waals surface area contributed by atoms with Gasteiger partial charge in [-0.3, -0.25) is 4.57 Å². The fourth-order valence-electron chi connectivity index (χ4n) is 1.73. The van der Waals surface area contributed by atoms with Gasteiger partial charge >= 0.3 is 12.1 Å². The first-order chi connectivity index (χ1) is 8.63. The molecule has 0 amide bonds. The average molecular weight is 245 g/mol. The van der Waals surface area contributed by atoms with Gasteiger partial charge in [0.05, 0.1) is 12.6 Å². The molecule has 92 valence electrons. The van der Waals surface area contributed by atoms with Crippen LogP contribution in [-0.2, 0) is 9.53 Å². The van der Waals surface area contributed by atoms with Crippen LogP contribution < -0.4 is 0 Å². The number of benzene rings is 1. The number of hydrogen-bond donors (Lipinski definition) is 1. The quantitative estimate of drug-likeness (QED) is 0.651. The Hall–Kier alpha value is -2.56. The topological polar surface area (TPSA) is 68.5 Å². The van der Waals surface area contributed by atoms with Crippen molar-refractivity contribution in [2.24, 2.45) is 0 Å². The maximum absolute atomic E-state index is 11.0. The highest BCUT2D eigenvalue weighted by Gasteiger charge is 2.08. The Labute approximate surface area is 103 Å². The monoisotopic (exact) mass is 245 g/mol. The van der Waals surface area contributed by atoms with E-state index in [1.54, 1.807) is 30.3 Å². The van der Waals surface area contributed by atoms with Gasteiger partial charge < -0.3 is 9.84 Å². The van der Waals surface area contributed by atoms with Crippen LogP contribution in [0.3, 0.4) is 0 Å². The van der Waals surface area contributed by atoms with Gasteiger partial charge in [-0.05, 0) is 23.8 Å². The molecule has 0 saturated heterocycles. The summed E-state index contributed by atoms with van der Waals surface area (Å²) in [6.45, 7) is 0. The molecule has 1 aromatic heterocycles. The van der Waals surface area contributed by atoms with E-state index in [1.165, 1.54) is 19.4 Å². The zero-order valence-corrected chi connectivity index (χ0v) is 9.66. The molecule has 0 aliphatic heterocycles. The first-order valence-corrected chi connectivity index (χ1v) is 5.23. The minimum Gasteiger partial charge on any atom is -0.466 e. The molecule has 0 fully saturated rings. The lowest BCUT2D eigenvalue weighted by atomic mass is 10.1. The Bertz CT molecular complexity index is 639. The van der Waals surface area contributed by atoms with Crippen LogP contribution in [0.15, 0.2) is 36.5 Å². The summed E-state index contributed by atoms with van der Waals surface area (Å²) in [5.74, 6) is -0.454. The normalized spacial score (nSPS) is 10.9. The van der Waals surface area contributed by atoms with Crippen molar-refractivity contribution in [3.05, 3.63) is 42.1 Å². The van der Waals surface area contributed by atoms with E-state index in [1.807, 2.05) is 0 Å². The maximum Gasteiger partial charge on any atom is 0.415 e. The summed E-state index contributed by atoms with van der Waals surface area (Å²) in [6, 6.07) is 6.94. The summed E-state index contributed by atoms with van der Waals surface area (Å²) < 4.78 is 5.63. The van der Waals surface area contributed by atoms with E-state index in [2.05, 4.69) is 4.74 Å². The molecule has 0 unspecified atom stereocenters. The second kappa shape index (κ2) is 4.75. The summed E-state index contributed by atoms with van der Waals surface area (Å²) in [7, 11) is 1.30. The molecule has 5 nitrogen and oxygen atoms in total. The Morgan fingerprint density at radius 3 is 2.78 bits per heavy atom. The molecule has 0 bridgehead atoms. The number of ether oxygens (including phenoxy) is 1. The van der Waals surface area contributed by atoms with Gasteiger partial charge in [0, 0.05) is 17.7 Å². The first kappa shape index (κ1) is 11.9. The van der Waals surface area contributed by atoms with Crippen LogP contribution in [-0.4, -0.2) is 28.8 Å². The molecule has 18 heavy (non-hydrogen) atoms. The molecule has 1 aromatic carbocycles. The number of carboxylic acid groups (broad SMARTS) is 1. The molecule has 0 aliphatic carbocycles. The van der Waals surface area contributed by atoms with Gasteiger partial charge in [0.25, 0.3) is 0 Å². The number of rotatable bonds is 2. The first-order valence-electron chi connectivity index (χ1n) is 5.23. The number of methoxy groups -OCH3 is 1. The largest absolute Gasteiger partial charge is 0.466 e. The average Bonchev–Trinajstić information content (AvgIpc) is 2.80. The van der Waals surface area contributed by atoms with Crippen molar-refractivity contribution in [2.45, 2.75) is 0 Å². The van der Waals surface area contributed by atoms with E-state index < -0.39 is 12.1 Å². The Morgan fingerprint density at radius 2 is 2.11 bits per heavy atom. The molecular formula is C13H11NO4. The van der Waals surface area contributed by atoms with E-state index in [-0.39, 0.29) is 0 Å². The van der Waals surface area contributed by atoms with E-state index >= 15 is 0 Å². The lowest BCUT2D eigenvalue weighted by Crippen LogP contribution is -2.05. The highest BCUT2D eigenvalue weighted by molar-refractivity contribution is 5.96. The zero-order valence-electron chi connectivity index (χ0n) is 9.66. The van der Waals surface area contributed by atoms with Crippen molar-refractivity contribution in [3.8, 4) is 0 Å². The number of nitrogens with zero attached hydrogens (tertiary/aromatic N) is 1. The number of hydrogen-bond acceptors (Lipinski definition) is 3. The van der Waals surface area contributed by atoms with Gasteiger partial charge in [0.2, 0.25) is 0 Å². The smallest absolute Gasteiger partial charge is 0.415 e. The van der Waals surface area contributed by atoms with E-state index in [0.29, 0.717) is 5.52 Å². The third-order valence-electron chi connectivity index (χ3n) is 2.57. The second-order valence-electron chi connectivity index (χ2n) is 3.60. The number of aromatic nitrogens is 1. The van der Waals surface area contributed by atoms with Gasteiger partial charge in [-0.2, -0.15) is 0 Å². The van der Waals surface area contributed by atoms with Crippen molar-refractivity contribution in [3.63, 3.8) is 0 Å². The Kier molecular flexibility index (Phi) is 3.14. The number of carbonyl (C=O) groups excluding carboxylic acids is 1. The van der Waals surface area contributed by atoms with Gasteiger partial charge in [-0.15, -0.1) is 0 Å². The van der Waals surface area contributed by atoms with Crippen LogP contribution in [0.1, 0.15) is 5.56 Å². The van der Waals surface area contributed by atoms with Crippen molar-refractivity contribution < 1.29 is 19.4 Å². The Balaban J connectivity index is 2.50. The fourth-order valence-corrected chi connectivity index (χ4v) is 1.73. The third-order valence-corrected chi connectivity index (χ3v) is 2.57. The van der Waals surface area contributed by atoms with Gasteiger partial charge in [-0.1, -0.05) is 12.1 Å². The second-order valence-corrected chi connectivity index (χ2v) is 3.60. The summed E-state index contributed by atoms with van der Waals surface area (Å²) in [5, 5.41) is 9.75. The van der Waals surface area contributed by atoms with Crippen molar-refractivity contribution in [2.75, 3.05) is 7.11 Å². The highest BCUT2D eigenvalue weighted by atomic mass is 16.5. The molecule has 1 heterocycles. The molecule has 0 radical (unpaired) electrons. The third kappa shape index (κ3) is 2.10. The van der Waals surface area contributed by atoms with Crippen molar-refractivity contribution >= 4 is 29.0 Å². The minimum absolute atomic E-state index is 0.454. The number of carbonyl (C=O) groups is 2. The summed E-state index contributed by atoms with van der Waals surface area (Å²) in [4.78, 5) is 22.0. The van der Waals surface area contributed by atoms with Crippen LogP contribution in [0.5, 0.6) is 0 Å². The summed E-state index contributed by atoms with van der Waals surface area (Å²) in [6.07, 6.45) is 3.33. The van der Waals surface area contributed by atoms with Gasteiger partial charge in [0.1, 0.15) is 0 Å². The zero-order chi connectivity index (χ0) is 13.1. The highest BCUT2D eigenvalue weighted by Crippen LogP contribution is 2.21. The minimum atomic E-state index is -1.04. The van der Waals surface area contributed by atoms with Crippen molar-refractivity contribution in [1.29, 1.82) is 0 Å². The molecule has 0 spiro atoms. The van der Waals surface area contributed by atoms with E-state index in [9.17, 15) is 9.59 Å². The van der Waals surface area contributed by atoms with Gasteiger partial charge in [-0.25, -0.2) is 9.59 Å². The lowest BCUT2D eigenvalue weighted by Gasteiger charge is -2.00. The van der Waals surface area contributed by atoms with E-state index in [4.69, 9.17) is 5.11 Å². The maximum atomic E-state index is 11.0. The SMILES string of the molecule is COC(=O)C=Cc1cccc2c1ccn2C(=O)O. The molecule has 5 heteroatoms. The molecule has 0 saturated carbocycles. The van der Waals surface area contributed by atoms with Crippen LogP contribution in [0, 0.1) is 0 Å². The number of esters is 1. The predicted molar refractivity (Wildman–Crippen MR) is 66.4 cm³/mol. The summed E-state index contributed by atoms with van der Waals surface area (Å²) in [5.41, 5.74) is 1.34.